The molecule has 0 atom stereocenters. The average Bonchev–Trinajstić information content (AvgIpc) is 2.27. The molecular weight excluding hydrogens is 202 g/mol. The maximum Gasteiger partial charge on any atom is 0.215 e. The van der Waals surface area contributed by atoms with Gasteiger partial charge in [-0.1, -0.05) is 13.3 Å². The third-order valence-electron chi connectivity index (χ3n) is 2.03. The molecule has 1 aromatic carbocycles. The predicted molar refractivity (Wildman–Crippen MR) is 67.6 cm³/mol. The van der Waals surface area contributed by atoms with Gasteiger partial charge in [-0.25, -0.2) is 0 Å². The van der Waals surface area contributed by atoms with Crippen LogP contribution in [0.4, 0.5) is 5.69 Å². The van der Waals surface area contributed by atoms with Crippen molar-refractivity contribution in [2.75, 3.05) is 0 Å². The van der Waals surface area contributed by atoms with Gasteiger partial charge in [0.2, 0.25) is 5.56 Å². The lowest BCUT2D eigenvalue weighted by atomic mass is 10.1. The molecule has 0 radical (unpaired) electrons. The average molecular weight is 216 g/mol. The van der Waals surface area contributed by atoms with Crippen LogP contribution in [0.5, 0.6) is 0 Å². The number of aliphatic imine (C=N–C) groups is 1. The Hall–Kier alpha value is -1.33. The summed E-state index contributed by atoms with van der Waals surface area (Å²) in [4.78, 5) is 3.99. The first-order chi connectivity index (χ1) is 7.38. The van der Waals surface area contributed by atoms with Crippen molar-refractivity contribution >= 4 is 23.1 Å². The molecule has 0 amide bonds. The molecule has 2 heteroatoms. The van der Waals surface area contributed by atoms with Crippen LogP contribution in [0.3, 0.4) is 0 Å². The van der Waals surface area contributed by atoms with Crippen molar-refractivity contribution in [1.82, 2.24) is 0 Å². The van der Waals surface area contributed by atoms with Crippen molar-refractivity contribution in [3.63, 3.8) is 0 Å². The molecule has 0 saturated heterocycles. The van der Waals surface area contributed by atoms with Crippen LogP contribution in [0.25, 0.3) is 0 Å². The lowest BCUT2D eigenvalue weighted by Gasteiger charge is -1.87. The van der Waals surface area contributed by atoms with Gasteiger partial charge in [-0.05, 0) is 37.2 Å². The molecule has 1 aromatic rings. The maximum atomic E-state index is 4.59. The first kappa shape index (κ1) is 11.7. The highest BCUT2D eigenvalue weighted by Gasteiger charge is 2.06. The first-order valence-corrected chi connectivity index (χ1v) is 5.54. The fraction of sp³-hybridized carbons (Fsp3) is 0.308. The third kappa shape index (κ3) is 4.14. The Morgan fingerprint density at radius 3 is 3.00 bits per heavy atom. The van der Waals surface area contributed by atoms with E-state index in [1.807, 2.05) is 24.3 Å². The summed E-state index contributed by atoms with van der Waals surface area (Å²) in [6, 6.07) is 7.80. The Morgan fingerprint density at radius 2 is 2.27 bits per heavy atom. The normalized spacial score (nSPS) is 9.67. The van der Waals surface area contributed by atoms with Crippen LogP contribution in [-0.2, 0) is 0 Å². The zero-order valence-corrected chi connectivity index (χ0v) is 9.68. The predicted octanol–water partition coefficient (Wildman–Crippen LogP) is 4.32. The SMILES string of the molecule is CCCCC=[C+]c1ccccc1N=C=S. The van der Waals surface area contributed by atoms with E-state index >= 15 is 0 Å². The molecule has 0 bridgehead atoms. The van der Waals surface area contributed by atoms with Gasteiger partial charge in [0.05, 0.1) is 11.2 Å². The van der Waals surface area contributed by atoms with Gasteiger partial charge in [0.15, 0.2) is 5.69 Å². The number of benzene rings is 1. The molecule has 0 aliphatic heterocycles. The minimum atomic E-state index is 0.834. The molecule has 0 aromatic heterocycles. The fourth-order valence-electron chi connectivity index (χ4n) is 1.23. The molecule has 0 aliphatic carbocycles. The van der Waals surface area contributed by atoms with Gasteiger partial charge in [-0.3, -0.25) is 0 Å². The van der Waals surface area contributed by atoms with Crippen molar-refractivity contribution in [3.8, 4) is 0 Å². The van der Waals surface area contributed by atoms with Gasteiger partial charge >= 0.3 is 0 Å². The number of para-hydroxylation sites is 1. The molecule has 0 fully saturated rings. The Labute approximate surface area is 96.6 Å². The molecule has 0 heterocycles. The van der Waals surface area contributed by atoms with Gasteiger partial charge in [0, 0.05) is 18.2 Å². The number of hydrogen-bond donors (Lipinski definition) is 0. The Morgan fingerprint density at radius 1 is 1.47 bits per heavy atom. The van der Waals surface area contributed by atoms with Crippen LogP contribution in [-0.4, -0.2) is 5.16 Å². The van der Waals surface area contributed by atoms with Crippen LogP contribution in [0.2, 0.25) is 0 Å². The molecule has 1 nitrogen and oxygen atoms in total. The highest BCUT2D eigenvalue weighted by molar-refractivity contribution is 7.78. The first-order valence-electron chi connectivity index (χ1n) is 5.13. The second-order valence-corrected chi connectivity index (χ2v) is 3.39. The molecule has 76 valence electrons. The zero-order valence-electron chi connectivity index (χ0n) is 8.86. The number of allylic oxidation sites excluding steroid dienone is 1. The molecule has 0 aliphatic rings. The highest BCUT2D eigenvalue weighted by Crippen LogP contribution is 2.18. The summed E-state index contributed by atoms with van der Waals surface area (Å²) in [5, 5.41) is 2.38. The van der Waals surface area contributed by atoms with Gasteiger partial charge in [0.25, 0.3) is 0 Å². The van der Waals surface area contributed by atoms with Gasteiger partial charge in [-0.15, -0.1) is 4.99 Å². The highest BCUT2D eigenvalue weighted by atomic mass is 32.1. The van der Waals surface area contributed by atoms with E-state index in [1.54, 1.807) is 0 Å². The lowest BCUT2D eigenvalue weighted by molar-refractivity contribution is 0.813. The Balaban J connectivity index is 2.75. The molecule has 0 N–H and O–H groups in total. The van der Waals surface area contributed by atoms with Crippen molar-refractivity contribution in [3.05, 3.63) is 42.0 Å². The van der Waals surface area contributed by atoms with E-state index in [0.29, 0.717) is 0 Å². The number of hydrogen-bond acceptors (Lipinski definition) is 2. The maximum absolute atomic E-state index is 4.59. The zero-order chi connectivity index (χ0) is 10.9. The lowest BCUT2D eigenvalue weighted by Crippen LogP contribution is -1.76. The van der Waals surface area contributed by atoms with E-state index in [2.05, 4.69) is 41.4 Å². The second kappa shape index (κ2) is 7.03. The summed E-state index contributed by atoms with van der Waals surface area (Å²) in [6.45, 7) is 2.18. The van der Waals surface area contributed by atoms with Crippen molar-refractivity contribution in [2.24, 2.45) is 4.99 Å². The van der Waals surface area contributed by atoms with Crippen molar-refractivity contribution in [1.29, 1.82) is 0 Å². The van der Waals surface area contributed by atoms with Crippen LogP contribution in [0.1, 0.15) is 31.7 Å². The van der Waals surface area contributed by atoms with Crippen LogP contribution >= 0.6 is 12.2 Å². The Bertz CT molecular complexity index is 376. The molecular formula is C13H14NS+. The monoisotopic (exact) mass is 216 g/mol. The van der Waals surface area contributed by atoms with E-state index < -0.39 is 0 Å². The second-order valence-electron chi connectivity index (χ2n) is 3.21. The van der Waals surface area contributed by atoms with E-state index in [4.69, 9.17) is 0 Å². The number of isothiocyanates is 1. The van der Waals surface area contributed by atoms with E-state index in [-0.39, 0.29) is 0 Å². The summed E-state index contributed by atoms with van der Waals surface area (Å²) >= 11 is 4.59. The largest absolute Gasteiger partial charge is 0.215 e. The van der Waals surface area contributed by atoms with Gasteiger partial charge < -0.3 is 0 Å². The summed E-state index contributed by atoms with van der Waals surface area (Å²) in [5.41, 5.74) is 1.81. The number of rotatable bonds is 5. The summed E-state index contributed by atoms with van der Waals surface area (Å²) in [5.74, 6) is 0. The summed E-state index contributed by atoms with van der Waals surface area (Å²) < 4.78 is 0. The smallest absolute Gasteiger partial charge is 0.126 e. The van der Waals surface area contributed by atoms with Gasteiger partial charge in [0.1, 0.15) is 0 Å². The topological polar surface area (TPSA) is 12.4 Å². The van der Waals surface area contributed by atoms with Crippen LogP contribution in [0.15, 0.2) is 35.3 Å². The van der Waals surface area contributed by atoms with Crippen LogP contribution in [0, 0.1) is 6.08 Å². The van der Waals surface area contributed by atoms with E-state index in [1.165, 1.54) is 12.8 Å². The molecule has 0 saturated carbocycles. The Kier molecular flexibility index (Phi) is 5.50. The molecule has 15 heavy (non-hydrogen) atoms. The standard InChI is InChI=1S/C13H14NS/c1-2-3-4-5-8-12-9-6-7-10-13(12)14-11-15/h5-7,9-10H,2-4H2,1H3/q+1. The minimum absolute atomic E-state index is 0.834. The van der Waals surface area contributed by atoms with Gasteiger partial charge in [-0.2, -0.15) is 0 Å². The van der Waals surface area contributed by atoms with Crippen molar-refractivity contribution in [2.45, 2.75) is 26.2 Å². The molecule has 0 spiro atoms. The van der Waals surface area contributed by atoms with Crippen LogP contribution < -0.4 is 0 Å². The van der Waals surface area contributed by atoms with Crippen molar-refractivity contribution < 1.29 is 0 Å². The van der Waals surface area contributed by atoms with E-state index in [9.17, 15) is 0 Å². The summed E-state index contributed by atoms with van der Waals surface area (Å²) in [7, 11) is 0. The number of thiocarbonyl (C=S) groups is 1. The fourth-order valence-corrected chi connectivity index (χ4v) is 1.33. The minimum Gasteiger partial charge on any atom is -0.126 e. The third-order valence-corrected chi connectivity index (χ3v) is 2.12. The molecule has 0 unspecified atom stereocenters. The number of nitrogens with zero attached hydrogens (tertiary/aromatic N) is 1. The quantitative estimate of drug-likeness (QED) is 0.309. The van der Waals surface area contributed by atoms with E-state index in [0.717, 1.165) is 17.7 Å². The number of unbranched alkanes of at least 4 members (excludes halogenated alkanes) is 2. The summed E-state index contributed by atoms with van der Waals surface area (Å²) in [6.07, 6.45) is 8.75. The molecule has 1 rings (SSSR count).